The van der Waals surface area contributed by atoms with Gasteiger partial charge in [-0.25, -0.2) is 0 Å². The summed E-state index contributed by atoms with van der Waals surface area (Å²) in [6.45, 7) is 5.31. The molecular formula is C23H29N5O3. The van der Waals surface area contributed by atoms with Gasteiger partial charge in [0.05, 0.1) is 6.10 Å². The number of carbonyl (C=O) groups is 1. The van der Waals surface area contributed by atoms with E-state index in [0.717, 1.165) is 43.5 Å². The van der Waals surface area contributed by atoms with Crippen LogP contribution in [0.5, 0.6) is 0 Å². The number of rotatable bonds is 8. The Morgan fingerprint density at radius 1 is 1.29 bits per heavy atom. The molecule has 1 N–H and O–H groups in total. The first-order valence-corrected chi connectivity index (χ1v) is 11.0. The number of nitrogens with zero attached hydrogens (tertiary/aromatic N) is 4. The fourth-order valence-electron chi connectivity index (χ4n) is 3.98. The van der Waals surface area contributed by atoms with Gasteiger partial charge in [-0.2, -0.15) is 9.50 Å². The van der Waals surface area contributed by atoms with Crippen LogP contribution in [0.1, 0.15) is 43.9 Å². The van der Waals surface area contributed by atoms with Crippen LogP contribution < -0.4 is 10.9 Å². The fourth-order valence-corrected chi connectivity index (χ4v) is 3.98. The molecule has 1 unspecified atom stereocenters. The zero-order chi connectivity index (χ0) is 21.8. The summed E-state index contributed by atoms with van der Waals surface area (Å²) in [5, 5.41) is 7.45. The third-order valence-corrected chi connectivity index (χ3v) is 5.79. The Morgan fingerprint density at radius 3 is 2.81 bits per heavy atom. The van der Waals surface area contributed by atoms with Gasteiger partial charge in [0.1, 0.15) is 6.54 Å². The van der Waals surface area contributed by atoms with Crippen molar-refractivity contribution in [2.24, 2.45) is 0 Å². The first-order valence-electron chi connectivity index (χ1n) is 11.0. The fraction of sp³-hybridized carbons (Fsp3) is 0.478. The minimum Gasteiger partial charge on any atom is -0.376 e. The molecule has 0 bridgehead atoms. The molecule has 3 heterocycles. The van der Waals surface area contributed by atoms with Crippen molar-refractivity contribution in [1.29, 1.82) is 0 Å². The number of fused-ring (bicyclic) bond motifs is 1. The highest BCUT2D eigenvalue weighted by atomic mass is 16.5. The molecule has 1 aromatic carbocycles. The maximum Gasteiger partial charge on any atom is 0.279 e. The number of amides is 1. The zero-order valence-electron chi connectivity index (χ0n) is 18.1. The highest BCUT2D eigenvalue weighted by Crippen LogP contribution is 2.17. The third-order valence-electron chi connectivity index (χ3n) is 5.79. The first-order chi connectivity index (χ1) is 15.1. The SMILES string of the molecule is CCCCc1c(C)n(CC(=O)NCC2CCCO2)c2nc(-c3ccccc3)nn2c1=O. The molecule has 3 aromatic rings. The third kappa shape index (κ3) is 4.54. The van der Waals surface area contributed by atoms with Crippen molar-refractivity contribution in [1.82, 2.24) is 24.5 Å². The van der Waals surface area contributed by atoms with E-state index in [1.807, 2.05) is 37.3 Å². The van der Waals surface area contributed by atoms with E-state index >= 15 is 0 Å². The van der Waals surface area contributed by atoms with Crippen LogP contribution in [-0.4, -0.2) is 44.3 Å². The molecule has 0 saturated carbocycles. The Bertz CT molecular complexity index is 1110. The average molecular weight is 424 g/mol. The summed E-state index contributed by atoms with van der Waals surface area (Å²) in [7, 11) is 0. The number of benzene rings is 1. The highest BCUT2D eigenvalue weighted by Gasteiger charge is 2.21. The van der Waals surface area contributed by atoms with Crippen LogP contribution in [0.25, 0.3) is 17.2 Å². The summed E-state index contributed by atoms with van der Waals surface area (Å²) in [6.07, 6.45) is 4.60. The maximum absolute atomic E-state index is 13.2. The monoisotopic (exact) mass is 423 g/mol. The Balaban J connectivity index is 1.71. The number of hydrogen-bond acceptors (Lipinski definition) is 5. The quantitative estimate of drug-likeness (QED) is 0.601. The lowest BCUT2D eigenvalue weighted by molar-refractivity contribution is -0.122. The first kappa shape index (κ1) is 21.2. The van der Waals surface area contributed by atoms with E-state index < -0.39 is 0 Å². The maximum atomic E-state index is 13.2. The molecule has 1 fully saturated rings. The molecule has 0 radical (unpaired) electrons. The Labute approximate surface area is 181 Å². The van der Waals surface area contributed by atoms with Gasteiger partial charge in [0, 0.05) is 30.0 Å². The highest BCUT2D eigenvalue weighted by molar-refractivity contribution is 5.76. The summed E-state index contributed by atoms with van der Waals surface area (Å²) in [6, 6.07) is 9.54. The molecular weight excluding hydrogens is 394 g/mol. The van der Waals surface area contributed by atoms with Crippen LogP contribution in [0.4, 0.5) is 0 Å². The Kier molecular flexibility index (Phi) is 6.46. The lowest BCUT2D eigenvalue weighted by Crippen LogP contribution is -2.36. The van der Waals surface area contributed by atoms with E-state index in [-0.39, 0.29) is 24.1 Å². The van der Waals surface area contributed by atoms with Gasteiger partial charge in [-0.05, 0) is 32.6 Å². The predicted octanol–water partition coefficient (Wildman–Crippen LogP) is 2.50. The summed E-state index contributed by atoms with van der Waals surface area (Å²) >= 11 is 0. The van der Waals surface area contributed by atoms with Crippen molar-refractivity contribution in [2.45, 2.75) is 58.6 Å². The smallest absolute Gasteiger partial charge is 0.279 e. The Hall–Kier alpha value is -3.00. The van der Waals surface area contributed by atoms with Gasteiger partial charge in [-0.1, -0.05) is 43.7 Å². The lowest BCUT2D eigenvalue weighted by Gasteiger charge is -2.16. The molecule has 1 aliphatic heterocycles. The number of aromatic nitrogens is 4. The normalized spacial score (nSPS) is 16.1. The van der Waals surface area contributed by atoms with Crippen molar-refractivity contribution in [2.75, 3.05) is 13.2 Å². The Morgan fingerprint density at radius 2 is 2.10 bits per heavy atom. The standard InChI is InChI=1S/C23H29N5O3/c1-3-4-12-19-16(2)27(15-20(29)24-14-18-11-8-13-31-18)23-25-21(26-28(23)22(19)30)17-9-6-5-7-10-17/h5-7,9-10,18H,3-4,8,11-15H2,1-2H3,(H,24,29). The van der Waals surface area contributed by atoms with Crippen molar-refractivity contribution in [3.05, 3.63) is 51.9 Å². The summed E-state index contributed by atoms with van der Waals surface area (Å²) in [4.78, 5) is 30.5. The molecule has 4 rings (SSSR count). The van der Waals surface area contributed by atoms with Crippen LogP contribution in [0, 0.1) is 6.92 Å². The minimum absolute atomic E-state index is 0.0778. The van der Waals surface area contributed by atoms with E-state index in [4.69, 9.17) is 4.74 Å². The molecule has 31 heavy (non-hydrogen) atoms. The second-order valence-corrected chi connectivity index (χ2v) is 8.01. The van der Waals surface area contributed by atoms with Gasteiger partial charge >= 0.3 is 0 Å². The van der Waals surface area contributed by atoms with E-state index in [0.29, 0.717) is 30.1 Å². The van der Waals surface area contributed by atoms with Crippen LogP contribution in [0.2, 0.25) is 0 Å². The van der Waals surface area contributed by atoms with Crippen molar-refractivity contribution < 1.29 is 9.53 Å². The van der Waals surface area contributed by atoms with Gasteiger partial charge in [0.15, 0.2) is 5.82 Å². The molecule has 0 aliphatic carbocycles. The van der Waals surface area contributed by atoms with Crippen LogP contribution in [-0.2, 0) is 22.5 Å². The van der Waals surface area contributed by atoms with Crippen LogP contribution >= 0.6 is 0 Å². The lowest BCUT2D eigenvalue weighted by atomic mass is 10.1. The van der Waals surface area contributed by atoms with Crippen molar-refractivity contribution in [3.8, 4) is 11.4 Å². The number of unbranched alkanes of at least 4 members (excludes halogenated alkanes) is 1. The van der Waals surface area contributed by atoms with Gasteiger partial charge in [0.2, 0.25) is 11.7 Å². The largest absolute Gasteiger partial charge is 0.376 e. The van der Waals surface area contributed by atoms with Gasteiger partial charge in [-0.15, -0.1) is 5.10 Å². The number of carbonyl (C=O) groups excluding carboxylic acids is 1. The minimum atomic E-state index is -0.161. The van der Waals surface area contributed by atoms with E-state index in [9.17, 15) is 9.59 Å². The van der Waals surface area contributed by atoms with Gasteiger partial charge < -0.3 is 14.6 Å². The average Bonchev–Trinajstić information content (AvgIpc) is 3.46. The van der Waals surface area contributed by atoms with Gasteiger partial charge in [0.25, 0.3) is 5.56 Å². The number of nitrogens with one attached hydrogen (secondary N) is 1. The molecule has 1 saturated heterocycles. The van der Waals surface area contributed by atoms with E-state index in [1.54, 1.807) is 4.57 Å². The van der Waals surface area contributed by atoms with Crippen LogP contribution in [0.3, 0.4) is 0 Å². The summed E-state index contributed by atoms with van der Waals surface area (Å²) in [5.74, 6) is 0.724. The molecule has 8 nitrogen and oxygen atoms in total. The molecule has 1 aliphatic rings. The van der Waals surface area contributed by atoms with Gasteiger partial charge in [-0.3, -0.25) is 9.59 Å². The van der Waals surface area contributed by atoms with Crippen molar-refractivity contribution in [3.63, 3.8) is 0 Å². The molecule has 164 valence electrons. The molecule has 8 heteroatoms. The summed E-state index contributed by atoms with van der Waals surface area (Å²) < 4.78 is 8.73. The molecule has 0 spiro atoms. The van der Waals surface area contributed by atoms with E-state index in [1.165, 1.54) is 4.52 Å². The van der Waals surface area contributed by atoms with Crippen molar-refractivity contribution >= 4 is 11.7 Å². The van der Waals surface area contributed by atoms with Crippen LogP contribution in [0.15, 0.2) is 35.1 Å². The zero-order valence-corrected chi connectivity index (χ0v) is 18.1. The summed E-state index contributed by atoms with van der Waals surface area (Å²) in [5.41, 5.74) is 2.12. The molecule has 1 amide bonds. The molecule has 1 atom stereocenters. The predicted molar refractivity (Wildman–Crippen MR) is 118 cm³/mol. The second-order valence-electron chi connectivity index (χ2n) is 8.01. The number of ether oxygens (including phenoxy) is 1. The topological polar surface area (TPSA) is 90.5 Å². The number of hydrogen-bond donors (Lipinski definition) is 1. The molecule has 2 aromatic heterocycles. The second kappa shape index (κ2) is 9.43. The van der Waals surface area contributed by atoms with E-state index in [2.05, 4.69) is 22.3 Å².